The van der Waals surface area contributed by atoms with Crippen LogP contribution in [0.5, 0.6) is 0 Å². The van der Waals surface area contributed by atoms with Crippen LogP contribution in [0.1, 0.15) is 13.3 Å². The number of anilines is 3. The highest BCUT2D eigenvalue weighted by molar-refractivity contribution is 7.91. The van der Waals surface area contributed by atoms with Gasteiger partial charge in [0, 0.05) is 11.9 Å². The standard InChI is InChI=1S/C13H16N4O2S/c1-2-8-20(18,19)11-5-3-4-10(9-11)16-12-6-7-15-13(14)17-12/h3-7,9H,2,8H2,1H3,(H3,14,15,16,17). The second kappa shape index (κ2) is 5.87. The van der Waals surface area contributed by atoms with E-state index in [2.05, 4.69) is 15.3 Å². The van der Waals surface area contributed by atoms with Gasteiger partial charge in [0.05, 0.1) is 10.6 Å². The Labute approximate surface area is 118 Å². The Morgan fingerprint density at radius 1 is 1.30 bits per heavy atom. The molecule has 0 aliphatic heterocycles. The molecule has 0 aliphatic carbocycles. The molecule has 0 saturated carbocycles. The predicted molar refractivity (Wildman–Crippen MR) is 78.5 cm³/mol. The number of benzene rings is 1. The third-order valence-electron chi connectivity index (χ3n) is 2.61. The molecule has 2 aromatic rings. The van der Waals surface area contributed by atoms with E-state index in [0.29, 0.717) is 22.8 Å². The van der Waals surface area contributed by atoms with Crippen molar-refractivity contribution in [2.75, 3.05) is 16.8 Å². The SMILES string of the molecule is CCCS(=O)(=O)c1cccc(Nc2ccnc(N)n2)c1. The molecule has 0 saturated heterocycles. The molecule has 0 radical (unpaired) electrons. The van der Waals surface area contributed by atoms with Gasteiger partial charge in [0.1, 0.15) is 5.82 Å². The highest BCUT2D eigenvalue weighted by Crippen LogP contribution is 2.20. The molecule has 0 atom stereocenters. The zero-order chi connectivity index (χ0) is 14.6. The highest BCUT2D eigenvalue weighted by Gasteiger charge is 2.13. The van der Waals surface area contributed by atoms with E-state index in [4.69, 9.17) is 5.73 Å². The molecule has 0 fully saturated rings. The monoisotopic (exact) mass is 292 g/mol. The van der Waals surface area contributed by atoms with E-state index in [1.165, 1.54) is 6.20 Å². The van der Waals surface area contributed by atoms with Crippen molar-refractivity contribution in [3.05, 3.63) is 36.5 Å². The number of nitrogens with one attached hydrogen (secondary N) is 1. The Bertz CT molecular complexity index is 701. The van der Waals surface area contributed by atoms with Gasteiger partial charge in [0.2, 0.25) is 5.95 Å². The summed E-state index contributed by atoms with van der Waals surface area (Å²) < 4.78 is 24.0. The van der Waals surface area contributed by atoms with Crippen LogP contribution in [0.2, 0.25) is 0 Å². The van der Waals surface area contributed by atoms with E-state index >= 15 is 0 Å². The first-order valence-corrected chi connectivity index (χ1v) is 7.85. The molecule has 7 heteroatoms. The molecule has 1 aromatic carbocycles. The van der Waals surface area contributed by atoms with Crippen LogP contribution in [0.3, 0.4) is 0 Å². The normalized spacial score (nSPS) is 11.2. The van der Waals surface area contributed by atoms with E-state index in [1.807, 2.05) is 6.92 Å². The van der Waals surface area contributed by atoms with Crippen molar-refractivity contribution in [1.29, 1.82) is 0 Å². The number of hydrogen-bond donors (Lipinski definition) is 2. The Kier molecular flexibility index (Phi) is 4.19. The van der Waals surface area contributed by atoms with E-state index in [0.717, 1.165) is 0 Å². The third-order valence-corrected chi connectivity index (χ3v) is 4.53. The minimum atomic E-state index is -3.23. The van der Waals surface area contributed by atoms with Gasteiger partial charge >= 0.3 is 0 Å². The first kappa shape index (κ1) is 14.3. The van der Waals surface area contributed by atoms with E-state index in [-0.39, 0.29) is 11.7 Å². The maximum atomic E-state index is 12.0. The Morgan fingerprint density at radius 3 is 2.80 bits per heavy atom. The zero-order valence-corrected chi connectivity index (χ0v) is 11.9. The number of nitrogens with zero attached hydrogens (tertiary/aromatic N) is 2. The van der Waals surface area contributed by atoms with Gasteiger partial charge in [0.15, 0.2) is 9.84 Å². The lowest BCUT2D eigenvalue weighted by Crippen LogP contribution is -2.06. The summed E-state index contributed by atoms with van der Waals surface area (Å²) in [7, 11) is -3.23. The van der Waals surface area contributed by atoms with Crippen molar-refractivity contribution < 1.29 is 8.42 Å². The smallest absolute Gasteiger partial charge is 0.221 e. The molecule has 1 heterocycles. The number of rotatable bonds is 5. The minimum absolute atomic E-state index is 0.136. The van der Waals surface area contributed by atoms with Crippen molar-refractivity contribution in [3.8, 4) is 0 Å². The summed E-state index contributed by atoms with van der Waals surface area (Å²) in [6.45, 7) is 1.84. The average Bonchev–Trinajstić information content (AvgIpc) is 2.39. The highest BCUT2D eigenvalue weighted by atomic mass is 32.2. The van der Waals surface area contributed by atoms with Crippen LogP contribution in [0, 0.1) is 0 Å². The van der Waals surface area contributed by atoms with Gasteiger partial charge < -0.3 is 11.1 Å². The fourth-order valence-corrected chi connectivity index (χ4v) is 3.11. The first-order chi connectivity index (χ1) is 9.51. The summed E-state index contributed by atoms with van der Waals surface area (Å²) in [6.07, 6.45) is 2.12. The van der Waals surface area contributed by atoms with Crippen molar-refractivity contribution in [2.24, 2.45) is 0 Å². The molecule has 0 unspecified atom stereocenters. The predicted octanol–water partition coefficient (Wildman–Crippen LogP) is 1.99. The van der Waals surface area contributed by atoms with Crippen molar-refractivity contribution in [2.45, 2.75) is 18.2 Å². The maximum Gasteiger partial charge on any atom is 0.221 e. The summed E-state index contributed by atoms with van der Waals surface area (Å²) in [5.74, 6) is 0.809. The molecule has 0 amide bonds. The molecule has 0 aliphatic rings. The lowest BCUT2D eigenvalue weighted by Gasteiger charge is -2.08. The largest absolute Gasteiger partial charge is 0.368 e. The van der Waals surface area contributed by atoms with Crippen LogP contribution < -0.4 is 11.1 Å². The Hall–Kier alpha value is -2.15. The van der Waals surface area contributed by atoms with Gasteiger partial charge in [0.25, 0.3) is 0 Å². The van der Waals surface area contributed by atoms with Crippen LogP contribution in [-0.4, -0.2) is 24.1 Å². The van der Waals surface area contributed by atoms with E-state index < -0.39 is 9.84 Å². The lowest BCUT2D eigenvalue weighted by atomic mass is 10.3. The number of nitrogen functional groups attached to an aromatic ring is 1. The van der Waals surface area contributed by atoms with Gasteiger partial charge in [-0.15, -0.1) is 0 Å². The van der Waals surface area contributed by atoms with Crippen molar-refractivity contribution >= 4 is 27.3 Å². The fraction of sp³-hybridized carbons (Fsp3) is 0.231. The van der Waals surface area contributed by atoms with Crippen LogP contribution in [0.25, 0.3) is 0 Å². The molecular weight excluding hydrogens is 276 g/mol. The van der Waals surface area contributed by atoms with Gasteiger partial charge in [-0.2, -0.15) is 4.98 Å². The van der Waals surface area contributed by atoms with E-state index in [9.17, 15) is 8.42 Å². The molecule has 106 valence electrons. The summed E-state index contributed by atoms with van der Waals surface area (Å²) in [4.78, 5) is 8.09. The molecule has 6 nitrogen and oxygen atoms in total. The minimum Gasteiger partial charge on any atom is -0.368 e. The molecule has 1 aromatic heterocycles. The summed E-state index contributed by atoms with van der Waals surface area (Å²) in [6, 6.07) is 8.29. The number of nitrogens with two attached hydrogens (primary N) is 1. The van der Waals surface area contributed by atoms with Crippen molar-refractivity contribution in [1.82, 2.24) is 9.97 Å². The average molecular weight is 292 g/mol. The topological polar surface area (TPSA) is 98.0 Å². The molecular formula is C13H16N4O2S. The van der Waals surface area contributed by atoms with Crippen LogP contribution in [0.4, 0.5) is 17.5 Å². The fourth-order valence-electron chi connectivity index (χ4n) is 1.75. The Balaban J connectivity index is 2.27. The van der Waals surface area contributed by atoms with Gasteiger partial charge in [-0.3, -0.25) is 0 Å². The van der Waals surface area contributed by atoms with E-state index in [1.54, 1.807) is 30.3 Å². The Morgan fingerprint density at radius 2 is 2.10 bits per heavy atom. The number of hydrogen-bond acceptors (Lipinski definition) is 6. The number of aromatic nitrogens is 2. The second-order valence-corrected chi connectivity index (χ2v) is 6.38. The second-order valence-electron chi connectivity index (χ2n) is 4.27. The molecule has 3 N–H and O–H groups in total. The third kappa shape index (κ3) is 3.45. The summed E-state index contributed by atoms with van der Waals surface area (Å²) in [5.41, 5.74) is 6.13. The molecule has 2 rings (SSSR count). The van der Waals surface area contributed by atoms with Crippen LogP contribution in [0.15, 0.2) is 41.4 Å². The summed E-state index contributed by atoms with van der Waals surface area (Å²) in [5, 5.41) is 3.00. The van der Waals surface area contributed by atoms with Gasteiger partial charge in [-0.25, -0.2) is 13.4 Å². The number of sulfone groups is 1. The van der Waals surface area contributed by atoms with Crippen molar-refractivity contribution in [3.63, 3.8) is 0 Å². The van der Waals surface area contributed by atoms with Gasteiger partial charge in [-0.1, -0.05) is 13.0 Å². The quantitative estimate of drug-likeness (QED) is 0.874. The summed E-state index contributed by atoms with van der Waals surface area (Å²) >= 11 is 0. The molecule has 20 heavy (non-hydrogen) atoms. The zero-order valence-electron chi connectivity index (χ0n) is 11.1. The van der Waals surface area contributed by atoms with Gasteiger partial charge in [-0.05, 0) is 30.7 Å². The first-order valence-electron chi connectivity index (χ1n) is 6.19. The lowest BCUT2D eigenvalue weighted by molar-refractivity contribution is 0.595. The van der Waals surface area contributed by atoms with Crippen LogP contribution >= 0.6 is 0 Å². The molecule has 0 bridgehead atoms. The van der Waals surface area contributed by atoms with Crippen LogP contribution in [-0.2, 0) is 9.84 Å². The maximum absolute atomic E-state index is 12.0. The molecule has 0 spiro atoms.